The van der Waals surface area contributed by atoms with E-state index in [1.807, 2.05) is 12.1 Å². The SMILES string of the molecule is CN1CCN(c2ccc(N/C=C(/C#N)C(=O)NC3CCCCCCCCCCC3)cc2)CC1. The Bertz CT molecular complexity index is 778. The molecular weight excluding hydrogens is 410 g/mol. The molecule has 1 aliphatic carbocycles. The summed E-state index contributed by atoms with van der Waals surface area (Å²) in [6.45, 7) is 4.21. The van der Waals surface area contributed by atoms with Gasteiger partial charge in [0.05, 0.1) is 0 Å². The lowest BCUT2D eigenvalue weighted by atomic mass is 9.98. The summed E-state index contributed by atoms with van der Waals surface area (Å²) in [6.07, 6.45) is 14.9. The van der Waals surface area contributed by atoms with Crippen LogP contribution in [-0.2, 0) is 4.79 Å². The zero-order chi connectivity index (χ0) is 23.3. The van der Waals surface area contributed by atoms with Crippen molar-refractivity contribution in [1.29, 1.82) is 5.26 Å². The predicted molar refractivity (Wildman–Crippen MR) is 136 cm³/mol. The average molecular weight is 452 g/mol. The zero-order valence-corrected chi connectivity index (χ0v) is 20.3. The van der Waals surface area contributed by atoms with E-state index >= 15 is 0 Å². The first kappa shape index (κ1) is 25.1. The van der Waals surface area contributed by atoms with E-state index < -0.39 is 0 Å². The number of benzene rings is 1. The van der Waals surface area contributed by atoms with E-state index in [1.165, 1.54) is 56.8 Å². The number of rotatable bonds is 5. The van der Waals surface area contributed by atoms with E-state index in [0.717, 1.165) is 57.5 Å². The highest BCUT2D eigenvalue weighted by Crippen LogP contribution is 2.20. The number of nitrogens with zero attached hydrogens (tertiary/aromatic N) is 3. The third-order valence-electron chi connectivity index (χ3n) is 6.92. The molecule has 0 aromatic heterocycles. The maximum Gasteiger partial charge on any atom is 0.263 e. The molecule has 0 spiro atoms. The Kier molecular flexibility index (Phi) is 10.6. The third kappa shape index (κ3) is 8.74. The second-order valence-electron chi connectivity index (χ2n) is 9.58. The van der Waals surface area contributed by atoms with Gasteiger partial charge < -0.3 is 20.4 Å². The van der Waals surface area contributed by atoms with Gasteiger partial charge >= 0.3 is 0 Å². The molecule has 0 unspecified atom stereocenters. The van der Waals surface area contributed by atoms with Crippen LogP contribution < -0.4 is 15.5 Å². The molecule has 1 heterocycles. The molecule has 1 amide bonds. The molecule has 2 aliphatic rings. The van der Waals surface area contributed by atoms with Gasteiger partial charge in [0.2, 0.25) is 0 Å². The molecule has 33 heavy (non-hydrogen) atoms. The van der Waals surface area contributed by atoms with Gasteiger partial charge in [0.15, 0.2) is 0 Å². The van der Waals surface area contributed by atoms with Crippen molar-refractivity contribution in [2.75, 3.05) is 43.4 Å². The molecule has 1 aromatic carbocycles. The normalized spacial score (nSPS) is 20.2. The molecule has 0 atom stereocenters. The van der Waals surface area contributed by atoms with Crippen LogP contribution in [0.15, 0.2) is 36.0 Å². The van der Waals surface area contributed by atoms with Gasteiger partial charge in [0, 0.05) is 49.8 Å². The van der Waals surface area contributed by atoms with Gasteiger partial charge in [-0.15, -0.1) is 0 Å². The summed E-state index contributed by atoms with van der Waals surface area (Å²) in [5.41, 5.74) is 2.21. The maximum absolute atomic E-state index is 12.8. The molecule has 1 saturated heterocycles. The molecule has 180 valence electrons. The lowest BCUT2D eigenvalue weighted by molar-refractivity contribution is -0.117. The lowest BCUT2D eigenvalue weighted by Crippen LogP contribution is -2.44. The van der Waals surface area contributed by atoms with Crippen LogP contribution in [0.3, 0.4) is 0 Å². The minimum atomic E-state index is -0.267. The van der Waals surface area contributed by atoms with Crippen LogP contribution in [0.5, 0.6) is 0 Å². The average Bonchev–Trinajstić information content (AvgIpc) is 2.82. The van der Waals surface area contributed by atoms with Gasteiger partial charge in [0.1, 0.15) is 11.6 Å². The molecule has 1 saturated carbocycles. The predicted octanol–water partition coefficient (Wildman–Crippen LogP) is 5.05. The third-order valence-corrected chi connectivity index (χ3v) is 6.92. The number of carbonyl (C=O) groups excluding carboxylic acids is 1. The van der Waals surface area contributed by atoms with Crippen LogP contribution in [0.1, 0.15) is 70.6 Å². The molecule has 6 heteroatoms. The Morgan fingerprint density at radius 1 is 0.909 bits per heavy atom. The highest BCUT2D eigenvalue weighted by atomic mass is 16.1. The minimum Gasteiger partial charge on any atom is -0.369 e. The maximum atomic E-state index is 12.8. The Morgan fingerprint density at radius 3 is 2.00 bits per heavy atom. The first-order valence-corrected chi connectivity index (χ1v) is 12.9. The van der Waals surface area contributed by atoms with Crippen molar-refractivity contribution in [3.05, 3.63) is 36.0 Å². The molecule has 0 radical (unpaired) electrons. The number of hydrogen-bond donors (Lipinski definition) is 2. The Hall–Kier alpha value is -2.52. The zero-order valence-electron chi connectivity index (χ0n) is 20.3. The Balaban J connectivity index is 1.52. The Morgan fingerprint density at radius 2 is 1.45 bits per heavy atom. The fraction of sp³-hybridized carbons (Fsp3) is 0.630. The Labute approximate surface area is 200 Å². The van der Waals surface area contributed by atoms with E-state index in [-0.39, 0.29) is 17.5 Å². The molecular formula is C27H41N5O. The summed E-state index contributed by atoms with van der Waals surface area (Å²) in [6, 6.07) is 10.4. The van der Waals surface area contributed by atoms with Gasteiger partial charge in [-0.1, -0.05) is 57.8 Å². The second kappa shape index (κ2) is 13.9. The number of nitrogens with one attached hydrogen (secondary N) is 2. The molecule has 0 bridgehead atoms. The summed E-state index contributed by atoms with van der Waals surface area (Å²) in [5.74, 6) is -0.267. The van der Waals surface area contributed by atoms with Crippen LogP contribution in [0.2, 0.25) is 0 Å². The number of anilines is 2. The lowest BCUT2D eigenvalue weighted by Gasteiger charge is -2.34. The van der Waals surface area contributed by atoms with Crippen molar-refractivity contribution in [3.8, 4) is 6.07 Å². The van der Waals surface area contributed by atoms with Crippen molar-refractivity contribution >= 4 is 17.3 Å². The van der Waals surface area contributed by atoms with Crippen LogP contribution in [0, 0.1) is 11.3 Å². The fourth-order valence-corrected chi connectivity index (χ4v) is 4.71. The first-order valence-electron chi connectivity index (χ1n) is 12.9. The van der Waals surface area contributed by atoms with Crippen molar-refractivity contribution in [2.24, 2.45) is 0 Å². The number of amides is 1. The van der Waals surface area contributed by atoms with E-state index in [9.17, 15) is 10.1 Å². The minimum absolute atomic E-state index is 0.129. The number of piperazine rings is 1. The fourth-order valence-electron chi connectivity index (χ4n) is 4.71. The van der Waals surface area contributed by atoms with E-state index in [0.29, 0.717) is 0 Å². The van der Waals surface area contributed by atoms with Crippen LogP contribution >= 0.6 is 0 Å². The molecule has 1 aromatic rings. The molecule has 1 aliphatic heterocycles. The van der Waals surface area contributed by atoms with Gasteiger partial charge in [-0.3, -0.25) is 4.79 Å². The van der Waals surface area contributed by atoms with E-state index in [2.05, 4.69) is 45.7 Å². The molecule has 2 N–H and O–H groups in total. The van der Waals surface area contributed by atoms with Crippen molar-refractivity contribution in [1.82, 2.24) is 10.2 Å². The molecule has 3 rings (SSSR count). The highest BCUT2D eigenvalue weighted by Gasteiger charge is 2.16. The number of carbonyl (C=O) groups is 1. The quantitative estimate of drug-likeness (QED) is 0.484. The van der Waals surface area contributed by atoms with Gasteiger partial charge in [0.25, 0.3) is 5.91 Å². The highest BCUT2D eigenvalue weighted by molar-refractivity contribution is 5.97. The standard InChI is InChI=1S/C27H41N5O/c1-31-17-19-32(20-18-31)26-15-13-24(14-16-26)29-22-23(21-28)27(33)30-25-11-9-7-5-3-2-4-6-8-10-12-25/h13-16,22,25,29H,2-12,17-20H2,1H3,(H,30,33)/b23-22-. The first-order chi connectivity index (χ1) is 16.2. The van der Waals surface area contributed by atoms with Crippen LogP contribution in [0.4, 0.5) is 11.4 Å². The number of nitriles is 1. The van der Waals surface area contributed by atoms with Crippen molar-refractivity contribution in [3.63, 3.8) is 0 Å². The van der Waals surface area contributed by atoms with Crippen LogP contribution in [0.25, 0.3) is 0 Å². The van der Waals surface area contributed by atoms with Crippen molar-refractivity contribution in [2.45, 2.75) is 76.7 Å². The van der Waals surface area contributed by atoms with Crippen LogP contribution in [-0.4, -0.2) is 50.1 Å². The summed E-state index contributed by atoms with van der Waals surface area (Å²) in [4.78, 5) is 17.5. The van der Waals surface area contributed by atoms with Gasteiger partial charge in [-0.2, -0.15) is 5.26 Å². The van der Waals surface area contributed by atoms with Gasteiger partial charge in [-0.05, 0) is 44.2 Å². The van der Waals surface area contributed by atoms with E-state index in [1.54, 1.807) is 0 Å². The smallest absolute Gasteiger partial charge is 0.263 e. The monoisotopic (exact) mass is 451 g/mol. The summed E-state index contributed by atoms with van der Waals surface area (Å²) in [5, 5.41) is 15.8. The summed E-state index contributed by atoms with van der Waals surface area (Å²) in [7, 11) is 2.15. The van der Waals surface area contributed by atoms with E-state index in [4.69, 9.17) is 0 Å². The largest absolute Gasteiger partial charge is 0.369 e. The summed E-state index contributed by atoms with van der Waals surface area (Å²) < 4.78 is 0. The van der Waals surface area contributed by atoms with Gasteiger partial charge in [-0.25, -0.2) is 0 Å². The number of likely N-dealkylation sites (N-methyl/N-ethyl adjacent to an activating group) is 1. The number of hydrogen-bond acceptors (Lipinski definition) is 5. The summed E-state index contributed by atoms with van der Waals surface area (Å²) >= 11 is 0. The van der Waals surface area contributed by atoms with Crippen molar-refractivity contribution < 1.29 is 4.79 Å². The topological polar surface area (TPSA) is 71.4 Å². The molecule has 2 fully saturated rings. The second-order valence-corrected chi connectivity index (χ2v) is 9.58. The molecule has 6 nitrogen and oxygen atoms in total.